The highest BCUT2D eigenvalue weighted by Gasteiger charge is 2.36. The van der Waals surface area contributed by atoms with Gasteiger partial charge in [0, 0.05) is 6.54 Å². The maximum Gasteiger partial charge on any atom is 0.410 e. The van der Waals surface area contributed by atoms with Crippen molar-refractivity contribution in [2.45, 2.75) is 52.2 Å². The molecule has 1 saturated heterocycles. The Labute approximate surface area is 138 Å². The van der Waals surface area contributed by atoms with Crippen LogP contribution in [-0.4, -0.2) is 38.3 Å². The van der Waals surface area contributed by atoms with Crippen LogP contribution in [0.1, 0.15) is 51.2 Å². The number of hydrogen-bond acceptors (Lipinski definition) is 7. The fourth-order valence-electron chi connectivity index (χ4n) is 2.54. The van der Waals surface area contributed by atoms with Gasteiger partial charge in [-0.1, -0.05) is 5.16 Å². The number of ether oxygens (including phenoxy) is 1. The van der Waals surface area contributed by atoms with E-state index in [-0.39, 0.29) is 12.1 Å². The molecule has 3 rings (SSSR count). The van der Waals surface area contributed by atoms with Crippen molar-refractivity contribution in [3.05, 3.63) is 17.0 Å². The maximum absolute atomic E-state index is 12.3. The molecule has 1 amide bonds. The molecule has 0 saturated carbocycles. The summed E-state index contributed by atoms with van der Waals surface area (Å²) in [6.45, 7) is 8.11. The number of amides is 1. The third-order valence-electron chi connectivity index (χ3n) is 3.56. The molecule has 2 aromatic heterocycles. The molecule has 1 fully saturated rings. The summed E-state index contributed by atoms with van der Waals surface area (Å²) < 4.78 is 10.8. The molecule has 1 atom stereocenters. The van der Waals surface area contributed by atoms with Crippen molar-refractivity contribution in [1.29, 1.82) is 0 Å². The second-order valence-corrected chi connectivity index (χ2v) is 7.41. The number of thiazole rings is 1. The standard InChI is InChI=1S/C15H20N4O3S/c1-9-11(23-8-16-9)13-17-12(18-22-13)10-6-5-7-19(10)14(20)21-15(2,3)4/h8,10H,5-7H2,1-4H3. The molecule has 0 radical (unpaired) electrons. The van der Waals surface area contributed by atoms with Gasteiger partial charge in [0.05, 0.1) is 17.2 Å². The van der Waals surface area contributed by atoms with E-state index in [9.17, 15) is 4.79 Å². The molecule has 0 aromatic carbocycles. The van der Waals surface area contributed by atoms with Crippen LogP contribution in [0.3, 0.4) is 0 Å². The van der Waals surface area contributed by atoms with Crippen LogP contribution in [0.5, 0.6) is 0 Å². The van der Waals surface area contributed by atoms with Crippen LogP contribution in [0.25, 0.3) is 10.8 Å². The number of carbonyl (C=O) groups excluding carboxylic acids is 1. The van der Waals surface area contributed by atoms with Gasteiger partial charge in [0.25, 0.3) is 5.89 Å². The Kier molecular flexibility index (Phi) is 4.09. The van der Waals surface area contributed by atoms with Gasteiger partial charge in [0.2, 0.25) is 0 Å². The maximum atomic E-state index is 12.3. The lowest BCUT2D eigenvalue weighted by Gasteiger charge is -2.27. The topological polar surface area (TPSA) is 81.4 Å². The molecular formula is C15H20N4O3S. The van der Waals surface area contributed by atoms with Crippen LogP contribution in [0.4, 0.5) is 4.79 Å². The molecule has 23 heavy (non-hydrogen) atoms. The Hall–Kier alpha value is -1.96. The second kappa shape index (κ2) is 5.92. The number of carbonyl (C=O) groups is 1. The molecule has 3 heterocycles. The summed E-state index contributed by atoms with van der Waals surface area (Å²) in [5.74, 6) is 0.979. The van der Waals surface area contributed by atoms with Crippen molar-refractivity contribution in [2.24, 2.45) is 0 Å². The molecule has 0 aliphatic carbocycles. The number of rotatable bonds is 2. The first-order valence-electron chi connectivity index (χ1n) is 7.59. The number of nitrogens with zero attached hydrogens (tertiary/aromatic N) is 4. The second-order valence-electron chi connectivity index (χ2n) is 6.56. The van der Waals surface area contributed by atoms with Crippen molar-refractivity contribution in [3.8, 4) is 10.8 Å². The zero-order valence-electron chi connectivity index (χ0n) is 13.7. The van der Waals surface area contributed by atoms with Crippen LogP contribution in [0.15, 0.2) is 10.0 Å². The summed E-state index contributed by atoms with van der Waals surface area (Å²) >= 11 is 1.46. The third kappa shape index (κ3) is 3.36. The average Bonchev–Trinajstić information content (AvgIpc) is 3.15. The highest BCUT2D eigenvalue weighted by atomic mass is 32.1. The largest absolute Gasteiger partial charge is 0.444 e. The average molecular weight is 336 g/mol. The van der Waals surface area contributed by atoms with Gasteiger partial charge in [-0.15, -0.1) is 11.3 Å². The van der Waals surface area contributed by atoms with Crippen molar-refractivity contribution >= 4 is 17.4 Å². The van der Waals surface area contributed by atoms with E-state index in [1.807, 2.05) is 27.7 Å². The molecule has 7 nitrogen and oxygen atoms in total. The minimum absolute atomic E-state index is 0.199. The fraction of sp³-hybridized carbons (Fsp3) is 0.600. The highest BCUT2D eigenvalue weighted by Crippen LogP contribution is 2.33. The molecule has 0 bridgehead atoms. The van der Waals surface area contributed by atoms with E-state index in [0.717, 1.165) is 23.4 Å². The van der Waals surface area contributed by atoms with Crippen LogP contribution >= 0.6 is 11.3 Å². The molecule has 1 aliphatic rings. The van der Waals surface area contributed by atoms with Crippen molar-refractivity contribution in [1.82, 2.24) is 20.0 Å². The smallest absolute Gasteiger partial charge is 0.410 e. The first-order chi connectivity index (χ1) is 10.8. The summed E-state index contributed by atoms with van der Waals surface area (Å²) in [5.41, 5.74) is 2.09. The molecule has 1 aliphatic heterocycles. The predicted octanol–water partition coefficient (Wildman–Crippen LogP) is 3.57. The van der Waals surface area contributed by atoms with E-state index >= 15 is 0 Å². The van der Waals surface area contributed by atoms with Gasteiger partial charge in [-0.3, -0.25) is 4.90 Å². The Balaban J connectivity index is 1.80. The van der Waals surface area contributed by atoms with E-state index in [4.69, 9.17) is 9.26 Å². The fourth-order valence-corrected chi connectivity index (χ4v) is 3.27. The van der Waals surface area contributed by atoms with Gasteiger partial charge in [0.15, 0.2) is 5.82 Å². The monoisotopic (exact) mass is 336 g/mol. The molecule has 0 N–H and O–H groups in total. The summed E-state index contributed by atoms with van der Waals surface area (Å²) in [6.07, 6.45) is 1.37. The Morgan fingerprint density at radius 2 is 2.26 bits per heavy atom. The first-order valence-corrected chi connectivity index (χ1v) is 8.47. The van der Waals surface area contributed by atoms with Crippen LogP contribution in [0.2, 0.25) is 0 Å². The number of likely N-dealkylation sites (tertiary alicyclic amines) is 1. The quantitative estimate of drug-likeness (QED) is 0.834. The lowest BCUT2D eigenvalue weighted by Crippen LogP contribution is -2.36. The Bertz CT molecular complexity index is 704. The summed E-state index contributed by atoms with van der Waals surface area (Å²) in [4.78, 5) is 23.5. The van der Waals surface area contributed by atoms with Gasteiger partial charge in [0.1, 0.15) is 10.5 Å². The van der Waals surface area contributed by atoms with Gasteiger partial charge < -0.3 is 9.26 Å². The van der Waals surface area contributed by atoms with E-state index in [1.54, 1.807) is 10.4 Å². The zero-order chi connectivity index (χ0) is 16.6. The minimum Gasteiger partial charge on any atom is -0.444 e. The van der Waals surface area contributed by atoms with Gasteiger partial charge in [-0.2, -0.15) is 4.98 Å². The van der Waals surface area contributed by atoms with Crippen LogP contribution < -0.4 is 0 Å². The number of aromatic nitrogens is 3. The van der Waals surface area contributed by atoms with E-state index in [0.29, 0.717) is 18.3 Å². The van der Waals surface area contributed by atoms with Gasteiger partial charge in [-0.05, 0) is 40.5 Å². The van der Waals surface area contributed by atoms with Crippen molar-refractivity contribution in [2.75, 3.05) is 6.54 Å². The predicted molar refractivity (Wildman–Crippen MR) is 85.1 cm³/mol. The lowest BCUT2D eigenvalue weighted by atomic mass is 10.2. The summed E-state index contributed by atoms with van der Waals surface area (Å²) in [5, 5.41) is 4.07. The highest BCUT2D eigenvalue weighted by molar-refractivity contribution is 7.13. The van der Waals surface area contributed by atoms with Crippen molar-refractivity contribution in [3.63, 3.8) is 0 Å². The molecule has 124 valence electrons. The van der Waals surface area contributed by atoms with Gasteiger partial charge >= 0.3 is 6.09 Å². The van der Waals surface area contributed by atoms with Gasteiger partial charge in [-0.25, -0.2) is 9.78 Å². The van der Waals surface area contributed by atoms with Crippen LogP contribution in [0, 0.1) is 6.92 Å². The van der Waals surface area contributed by atoms with E-state index in [2.05, 4.69) is 15.1 Å². The van der Waals surface area contributed by atoms with Crippen LogP contribution in [-0.2, 0) is 4.74 Å². The molecular weight excluding hydrogens is 316 g/mol. The first kappa shape index (κ1) is 15.9. The zero-order valence-corrected chi connectivity index (χ0v) is 14.5. The Morgan fingerprint density at radius 3 is 2.91 bits per heavy atom. The SMILES string of the molecule is Cc1ncsc1-c1nc(C2CCCN2C(=O)OC(C)(C)C)no1. The molecule has 1 unspecified atom stereocenters. The Morgan fingerprint density at radius 1 is 1.48 bits per heavy atom. The lowest BCUT2D eigenvalue weighted by molar-refractivity contribution is 0.0217. The number of hydrogen-bond donors (Lipinski definition) is 0. The van der Waals surface area contributed by atoms with E-state index < -0.39 is 5.60 Å². The summed E-state index contributed by atoms with van der Waals surface area (Å²) in [7, 11) is 0. The molecule has 8 heteroatoms. The normalized spacial score (nSPS) is 18.4. The summed E-state index contributed by atoms with van der Waals surface area (Å²) in [6, 6.07) is -0.199. The van der Waals surface area contributed by atoms with Crippen molar-refractivity contribution < 1.29 is 14.1 Å². The molecule has 2 aromatic rings. The van der Waals surface area contributed by atoms with E-state index in [1.165, 1.54) is 11.3 Å². The third-order valence-corrected chi connectivity index (χ3v) is 4.48. The number of aryl methyl sites for hydroxylation is 1. The minimum atomic E-state index is -0.521. The molecule has 0 spiro atoms.